The van der Waals surface area contributed by atoms with Crippen molar-refractivity contribution < 1.29 is 9.53 Å². The van der Waals surface area contributed by atoms with Gasteiger partial charge in [0.05, 0.1) is 18.9 Å². The molecule has 1 saturated carbocycles. The van der Waals surface area contributed by atoms with Crippen LogP contribution < -0.4 is 10.1 Å². The topological polar surface area (TPSA) is 51.2 Å². The largest absolute Gasteiger partial charge is 0.494 e. The SMILES string of the molecule is COc1cnccc1C(=O)NC1CC1. The van der Waals surface area contributed by atoms with Crippen LogP contribution in [0.3, 0.4) is 0 Å². The van der Waals surface area contributed by atoms with Gasteiger partial charge in [0.15, 0.2) is 0 Å². The lowest BCUT2D eigenvalue weighted by Crippen LogP contribution is -2.25. The molecule has 4 nitrogen and oxygen atoms in total. The first-order valence-corrected chi connectivity index (χ1v) is 4.60. The maximum atomic E-state index is 11.7. The Hall–Kier alpha value is -1.58. The summed E-state index contributed by atoms with van der Waals surface area (Å²) in [5, 5.41) is 2.90. The van der Waals surface area contributed by atoms with E-state index in [2.05, 4.69) is 10.3 Å². The third-order valence-corrected chi connectivity index (χ3v) is 2.16. The van der Waals surface area contributed by atoms with Crippen LogP contribution >= 0.6 is 0 Å². The number of methoxy groups -OCH3 is 1. The Morgan fingerprint density at radius 1 is 1.64 bits per heavy atom. The smallest absolute Gasteiger partial charge is 0.255 e. The molecule has 4 heteroatoms. The quantitative estimate of drug-likeness (QED) is 0.776. The molecule has 0 atom stereocenters. The first kappa shape index (κ1) is 8.99. The van der Waals surface area contributed by atoms with Crippen LogP contribution in [0.5, 0.6) is 5.75 Å². The zero-order valence-electron chi connectivity index (χ0n) is 7.99. The fraction of sp³-hybridized carbons (Fsp3) is 0.400. The molecule has 14 heavy (non-hydrogen) atoms. The third-order valence-electron chi connectivity index (χ3n) is 2.16. The van der Waals surface area contributed by atoms with Gasteiger partial charge in [0, 0.05) is 12.2 Å². The van der Waals surface area contributed by atoms with E-state index in [1.165, 1.54) is 7.11 Å². The van der Waals surface area contributed by atoms with Crippen molar-refractivity contribution >= 4 is 5.91 Å². The fourth-order valence-corrected chi connectivity index (χ4v) is 1.22. The number of ether oxygens (including phenoxy) is 1. The normalized spacial score (nSPS) is 14.9. The molecule has 0 spiro atoms. The van der Waals surface area contributed by atoms with Gasteiger partial charge >= 0.3 is 0 Å². The molecule has 1 fully saturated rings. The highest BCUT2D eigenvalue weighted by atomic mass is 16.5. The zero-order valence-corrected chi connectivity index (χ0v) is 7.99. The molecule has 2 rings (SSSR count). The average Bonchev–Trinajstić information content (AvgIpc) is 3.01. The molecule has 1 N–H and O–H groups in total. The second kappa shape index (κ2) is 3.65. The summed E-state index contributed by atoms with van der Waals surface area (Å²) >= 11 is 0. The van der Waals surface area contributed by atoms with Crippen LogP contribution in [0.1, 0.15) is 23.2 Å². The van der Waals surface area contributed by atoms with Crippen molar-refractivity contribution in [3.8, 4) is 5.75 Å². The molecule has 1 aliphatic rings. The van der Waals surface area contributed by atoms with Gasteiger partial charge in [-0.25, -0.2) is 0 Å². The summed E-state index contributed by atoms with van der Waals surface area (Å²) in [5.74, 6) is 0.442. The van der Waals surface area contributed by atoms with Crippen molar-refractivity contribution in [1.82, 2.24) is 10.3 Å². The van der Waals surface area contributed by atoms with Crippen LogP contribution in [0.2, 0.25) is 0 Å². The van der Waals surface area contributed by atoms with Crippen molar-refractivity contribution in [3.63, 3.8) is 0 Å². The van der Waals surface area contributed by atoms with Gasteiger partial charge in [0.1, 0.15) is 5.75 Å². The second-order valence-corrected chi connectivity index (χ2v) is 3.32. The predicted octanol–water partition coefficient (Wildman–Crippen LogP) is 0.982. The summed E-state index contributed by atoms with van der Waals surface area (Å²) in [6.45, 7) is 0. The minimum atomic E-state index is -0.0771. The van der Waals surface area contributed by atoms with E-state index in [0.29, 0.717) is 17.4 Å². The van der Waals surface area contributed by atoms with Crippen molar-refractivity contribution in [2.75, 3.05) is 7.11 Å². The van der Waals surface area contributed by atoms with E-state index in [-0.39, 0.29) is 5.91 Å². The molecule has 0 bridgehead atoms. The monoisotopic (exact) mass is 192 g/mol. The molecule has 1 aromatic rings. The van der Waals surface area contributed by atoms with Crippen LogP contribution in [0.25, 0.3) is 0 Å². The van der Waals surface area contributed by atoms with Crippen molar-refractivity contribution in [2.24, 2.45) is 0 Å². The van der Waals surface area contributed by atoms with Gasteiger partial charge in [-0.2, -0.15) is 0 Å². The van der Waals surface area contributed by atoms with E-state index in [4.69, 9.17) is 4.74 Å². The Morgan fingerprint density at radius 3 is 3.07 bits per heavy atom. The van der Waals surface area contributed by atoms with E-state index < -0.39 is 0 Å². The highest BCUT2D eigenvalue weighted by Gasteiger charge is 2.24. The highest BCUT2D eigenvalue weighted by molar-refractivity contribution is 5.97. The summed E-state index contributed by atoms with van der Waals surface area (Å²) in [6, 6.07) is 2.02. The number of amides is 1. The molecule has 0 unspecified atom stereocenters. The molecular weight excluding hydrogens is 180 g/mol. The molecule has 1 aliphatic carbocycles. The summed E-state index contributed by atoms with van der Waals surface area (Å²) in [7, 11) is 1.53. The first-order chi connectivity index (χ1) is 6.81. The number of hydrogen-bond acceptors (Lipinski definition) is 3. The molecule has 0 aromatic carbocycles. The number of carbonyl (C=O) groups excluding carboxylic acids is 1. The standard InChI is InChI=1S/C10H12N2O2/c1-14-9-6-11-5-4-8(9)10(13)12-7-2-3-7/h4-7H,2-3H2,1H3,(H,12,13). The molecule has 0 saturated heterocycles. The van der Waals surface area contributed by atoms with Gasteiger partial charge in [-0.15, -0.1) is 0 Å². The maximum Gasteiger partial charge on any atom is 0.255 e. The van der Waals surface area contributed by atoms with Gasteiger partial charge in [-0.1, -0.05) is 0 Å². The molecule has 1 amide bonds. The van der Waals surface area contributed by atoms with Crippen LogP contribution in [-0.2, 0) is 0 Å². The molecular formula is C10H12N2O2. The Kier molecular flexibility index (Phi) is 2.35. The van der Waals surface area contributed by atoms with E-state index in [1.54, 1.807) is 18.5 Å². The van der Waals surface area contributed by atoms with Gasteiger partial charge in [-0.05, 0) is 18.9 Å². The van der Waals surface area contributed by atoms with Gasteiger partial charge in [0.25, 0.3) is 5.91 Å². The fourth-order valence-electron chi connectivity index (χ4n) is 1.22. The summed E-state index contributed by atoms with van der Waals surface area (Å²) in [5.41, 5.74) is 0.550. The lowest BCUT2D eigenvalue weighted by atomic mass is 10.2. The average molecular weight is 192 g/mol. The minimum Gasteiger partial charge on any atom is -0.494 e. The van der Waals surface area contributed by atoms with Gasteiger partial charge in [-0.3, -0.25) is 9.78 Å². The van der Waals surface area contributed by atoms with E-state index >= 15 is 0 Å². The molecule has 0 aliphatic heterocycles. The number of rotatable bonds is 3. The predicted molar refractivity (Wildman–Crippen MR) is 51.3 cm³/mol. The zero-order chi connectivity index (χ0) is 9.97. The van der Waals surface area contributed by atoms with E-state index in [9.17, 15) is 4.79 Å². The molecule has 1 heterocycles. The minimum absolute atomic E-state index is 0.0771. The van der Waals surface area contributed by atoms with Crippen molar-refractivity contribution in [3.05, 3.63) is 24.0 Å². The Balaban J connectivity index is 2.16. The van der Waals surface area contributed by atoms with E-state index in [0.717, 1.165) is 12.8 Å². The summed E-state index contributed by atoms with van der Waals surface area (Å²) < 4.78 is 5.05. The Labute approximate surface area is 82.3 Å². The van der Waals surface area contributed by atoms with Crippen LogP contribution in [-0.4, -0.2) is 24.0 Å². The van der Waals surface area contributed by atoms with Crippen molar-refractivity contribution in [2.45, 2.75) is 18.9 Å². The molecule has 0 radical (unpaired) electrons. The molecule has 74 valence electrons. The van der Waals surface area contributed by atoms with Crippen molar-refractivity contribution in [1.29, 1.82) is 0 Å². The number of carbonyl (C=O) groups is 1. The number of nitrogens with zero attached hydrogens (tertiary/aromatic N) is 1. The van der Waals surface area contributed by atoms with Gasteiger partial charge in [0.2, 0.25) is 0 Å². The second-order valence-electron chi connectivity index (χ2n) is 3.32. The van der Waals surface area contributed by atoms with Crippen LogP contribution in [0.4, 0.5) is 0 Å². The number of pyridine rings is 1. The number of hydrogen-bond donors (Lipinski definition) is 1. The van der Waals surface area contributed by atoms with E-state index in [1.807, 2.05) is 0 Å². The lowest BCUT2D eigenvalue weighted by Gasteiger charge is -2.07. The maximum absolute atomic E-state index is 11.7. The number of nitrogens with one attached hydrogen (secondary N) is 1. The first-order valence-electron chi connectivity index (χ1n) is 4.60. The van der Waals surface area contributed by atoms with Crippen LogP contribution in [0, 0.1) is 0 Å². The molecule has 1 aromatic heterocycles. The third kappa shape index (κ3) is 1.84. The summed E-state index contributed by atoms with van der Waals surface area (Å²) in [4.78, 5) is 15.5. The van der Waals surface area contributed by atoms with Crippen LogP contribution in [0.15, 0.2) is 18.5 Å². The number of aromatic nitrogens is 1. The Bertz CT molecular complexity index is 348. The highest BCUT2D eigenvalue weighted by Crippen LogP contribution is 2.21. The summed E-state index contributed by atoms with van der Waals surface area (Å²) in [6.07, 6.45) is 5.30. The Morgan fingerprint density at radius 2 is 2.43 bits per heavy atom. The van der Waals surface area contributed by atoms with Gasteiger partial charge < -0.3 is 10.1 Å². The lowest BCUT2D eigenvalue weighted by molar-refractivity contribution is 0.0948.